The highest BCUT2D eigenvalue weighted by Gasteiger charge is 2.13. The average molecular weight is 252 g/mol. The van der Waals surface area contributed by atoms with Gasteiger partial charge in [-0.15, -0.1) is 0 Å². The van der Waals surface area contributed by atoms with E-state index in [1.54, 1.807) is 0 Å². The van der Waals surface area contributed by atoms with Crippen LogP contribution in [0.5, 0.6) is 0 Å². The minimum Gasteiger partial charge on any atom is -0.456 e. The number of carbonyl (C=O) groups is 1. The van der Waals surface area contributed by atoms with E-state index in [0.29, 0.717) is 5.76 Å². The first-order valence-corrected chi connectivity index (χ1v) is 5.38. The van der Waals surface area contributed by atoms with Crippen LogP contribution >= 0.6 is 11.6 Å². The molecule has 0 aliphatic carbocycles. The Bertz CT molecular complexity index is 522. The van der Waals surface area contributed by atoms with Crippen LogP contribution in [0, 0.1) is 0 Å². The number of nitrogens with zero attached hydrogens (tertiary/aromatic N) is 1. The lowest BCUT2D eigenvalue weighted by atomic mass is 10.2. The maximum absolute atomic E-state index is 10.7. The Morgan fingerprint density at radius 2 is 2.12 bits per heavy atom. The second kappa shape index (κ2) is 5.01. The third kappa shape index (κ3) is 2.85. The molecule has 0 bridgehead atoms. The summed E-state index contributed by atoms with van der Waals surface area (Å²) in [6.07, 6.45) is 0. The van der Waals surface area contributed by atoms with E-state index < -0.39 is 0 Å². The topological polar surface area (TPSA) is 52.3 Å². The van der Waals surface area contributed by atoms with Gasteiger partial charge in [-0.1, -0.05) is 41.9 Å². The highest BCUT2D eigenvalue weighted by molar-refractivity contribution is 6.31. The molecular weight excluding hydrogens is 242 g/mol. The number of oxazole rings is 1. The molecule has 0 amide bonds. The summed E-state index contributed by atoms with van der Waals surface area (Å²) in [7, 11) is 0. The van der Waals surface area contributed by atoms with Crippen molar-refractivity contribution in [3.8, 4) is 11.3 Å². The molecule has 2 aromatic rings. The van der Waals surface area contributed by atoms with Crippen LogP contribution in [0.2, 0.25) is 5.15 Å². The minimum atomic E-state index is -0.388. The van der Waals surface area contributed by atoms with Gasteiger partial charge in [-0.2, -0.15) is 4.98 Å². The second-order valence-corrected chi connectivity index (χ2v) is 3.73. The molecular formula is C12H10ClNO3. The smallest absolute Gasteiger partial charge is 0.303 e. The number of rotatable bonds is 3. The average Bonchev–Trinajstić information content (AvgIpc) is 2.69. The Morgan fingerprint density at radius 3 is 2.76 bits per heavy atom. The molecule has 2 rings (SSSR count). The number of hydrogen-bond acceptors (Lipinski definition) is 4. The fraction of sp³-hybridized carbons (Fsp3) is 0.167. The fourth-order valence-corrected chi connectivity index (χ4v) is 1.58. The predicted molar refractivity (Wildman–Crippen MR) is 62.4 cm³/mol. The summed E-state index contributed by atoms with van der Waals surface area (Å²) in [5.74, 6) is 0.374. The van der Waals surface area contributed by atoms with Crippen LogP contribution < -0.4 is 0 Å². The number of ether oxygens (including phenoxy) is 1. The van der Waals surface area contributed by atoms with Crippen molar-refractivity contribution in [2.75, 3.05) is 0 Å². The molecule has 4 nitrogen and oxygen atoms in total. The highest BCUT2D eigenvalue weighted by atomic mass is 35.5. The lowest BCUT2D eigenvalue weighted by Crippen LogP contribution is -1.98. The van der Waals surface area contributed by atoms with Crippen LogP contribution in [-0.2, 0) is 16.1 Å². The number of carbonyl (C=O) groups excluding carboxylic acids is 1. The summed E-state index contributed by atoms with van der Waals surface area (Å²) in [5, 5.41) is 0.262. The zero-order chi connectivity index (χ0) is 12.3. The fourth-order valence-electron chi connectivity index (χ4n) is 1.34. The van der Waals surface area contributed by atoms with Crippen molar-refractivity contribution < 1.29 is 13.9 Å². The summed E-state index contributed by atoms with van der Waals surface area (Å²) in [5.41, 5.74) is 0.832. The van der Waals surface area contributed by atoms with Gasteiger partial charge in [0, 0.05) is 12.5 Å². The molecule has 0 radical (unpaired) electrons. The Morgan fingerprint density at radius 1 is 1.41 bits per heavy atom. The van der Waals surface area contributed by atoms with Gasteiger partial charge in [0.1, 0.15) is 0 Å². The second-order valence-electron chi connectivity index (χ2n) is 3.37. The summed E-state index contributed by atoms with van der Waals surface area (Å²) in [6, 6.07) is 9.37. The van der Waals surface area contributed by atoms with Gasteiger partial charge in [-0.05, 0) is 0 Å². The Kier molecular flexibility index (Phi) is 3.44. The van der Waals surface area contributed by atoms with Gasteiger partial charge in [-0.3, -0.25) is 4.79 Å². The van der Waals surface area contributed by atoms with Crippen LogP contribution in [0.1, 0.15) is 12.8 Å². The molecule has 0 aliphatic heterocycles. The summed E-state index contributed by atoms with van der Waals surface area (Å²) >= 11 is 5.95. The molecule has 0 atom stereocenters. The zero-order valence-corrected chi connectivity index (χ0v) is 9.90. The van der Waals surface area contributed by atoms with E-state index >= 15 is 0 Å². The maximum Gasteiger partial charge on any atom is 0.303 e. The number of hydrogen-bond donors (Lipinski definition) is 0. The van der Waals surface area contributed by atoms with Crippen LogP contribution in [0.25, 0.3) is 11.3 Å². The first kappa shape index (κ1) is 11.7. The van der Waals surface area contributed by atoms with Crippen LogP contribution in [0.15, 0.2) is 34.7 Å². The van der Waals surface area contributed by atoms with E-state index in [0.717, 1.165) is 5.56 Å². The van der Waals surface area contributed by atoms with Gasteiger partial charge in [0.05, 0.1) is 0 Å². The number of halogens is 1. The van der Waals surface area contributed by atoms with Crippen molar-refractivity contribution in [2.45, 2.75) is 13.5 Å². The molecule has 88 valence electrons. The lowest BCUT2D eigenvalue weighted by Gasteiger charge is -1.97. The number of aromatic nitrogens is 1. The first-order valence-electron chi connectivity index (χ1n) is 5.01. The molecule has 1 aromatic heterocycles. The van der Waals surface area contributed by atoms with Gasteiger partial charge in [0.15, 0.2) is 17.5 Å². The van der Waals surface area contributed by atoms with Crippen molar-refractivity contribution in [1.29, 1.82) is 0 Å². The van der Waals surface area contributed by atoms with Crippen LogP contribution in [-0.4, -0.2) is 11.0 Å². The van der Waals surface area contributed by atoms with E-state index in [1.807, 2.05) is 30.3 Å². The Balaban J connectivity index is 2.22. The predicted octanol–water partition coefficient (Wildman–Crippen LogP) is 3.06. The molecule has 1 heterocycles. The molecule has 0 spiro atoms. The molecule has 1 aromatic carbocycles. The summed E-state index contributed by atoms with van der Waals surface area (Å²) in [6.45, 7) is 1.31. The van der Waals surface area contributed by atoms with Crippen LogP contribution in [0.3, 0.4) is 0 Å². The van der Waals surface area contributed by atoms with E-state index in [4.69, 9.17) is 20.8 Å². The third-order valence-corrected chi connectivity index (χ3v) is 2.32. The lowest BCUT2D eigenvalue weighted by molar-refractivity contribution is -0.142. The third-order valence-electron chi connectivity index (χ3n) is 2.06. The first-order chi connectivity index (χ1) is 8.16. The van der Waals surface area contributed by atoms with Crippen molar-refractivity contribution in [1.82, 2.24) is 4.98 Å². The standard InChI is InChI=1S/C12H10ClNO3/c1-8(15)16-7-10-14-12(13)11(17-10)9-5-3-2-4-6-9/h2-6H,7H2,1H3. The highest BCUT2D eigenvalue weighted by Crippen LogP contribution is 2.28. The Labute approximate surface area is 103 Å². The quantitative estimate of drug-likeness (QED) is 0.787. The maximum atomic E-state index is 10.7. The Hall–Kier alpha value is -1.81. The molecule has 0 aliphatic rings. The van der Waals surface area contributed by atoms with Crippen molar-refractivity contribution in [3.63, 3.8) is 0 Å². The normalized spacial score (nSPS) is 10.2. The van der Waals surface area contributed by atoms with Crippen molar-refractivity contribution in [3.05, 3.63) is 41.4 Å². The zero-order valence-electron chi connectivity index (χ0n) is 9.14. The van der Waals surface area contributed by atoms with E-state index in [2.05, 4.69) is 4.98 Å². The van der Waals surface area contributed by atoms with Gasteiger partial charge in [-0.25, -0.2) is 0 Å². The molecule has 0 N–H and O–H groups in total. The van der Waals surface area contributed by atoms with E-state index in [-0.39, 0.29) is 23.6 Å². The molecule has 5 heteroatoms. The van der Waals surface area contributed by atoms with E-state index in [9.17, 15) is 4.79 Å². The molecule has 0 unspecified atom stereocenters. The minimum absolute atomic E-state index is 0.0120. The molecule has 0 fully saturated rings. The van der Waals surface area contributed by atoms with Gasteiger partial charge in [0.25, 0.3) is 0 Å². The van der Waals surface area contributed by atoms with Gasteiger partial charge < -0.3 is 9.15 Å². The monoisotopic (exact) mass is 251 g/mol. The number of esters is 1. The number of benzene rings is 1. The van der Waals surface area contributed by atoms with Crippen molar-refractivity contribution in [2.24, 2.45) is 0 Å². The molecule has 0 saturated heterocycles. The van der Waals surface area contributed by atoms with Crippen molar-refractivity contribution >= 4 is 17.6 Å². The van der Waals surface area contributed by atoms with Gasteiger partial charge in [0.2, 0.25) is 5.89 Å². The SMILES string of the molecule is CC(=O)OCc1nc(Cl)c(-c2ccccc2)o1. The van der Waals surface area contributed by atoms with Gasteiger partial charge >= 0.3 is 5.97 Å². The summed E-state index contributed by atoms with van der Waals surface area (Å²) in [4.78, 5) is 14.6. The summed E-state index contributed by atoms with van der Waals surface area (Å²) < 4.78 is 10.2. The largest absolute Gasteiger partial charge is 0.456 e. The molecule has 17 heavy (non-hydrogen) atoms. The van der Waals surface area contributed by atoms with E-state index in [1.165, 1.54) is 6.92 Å². The van der Waals surface area contributed by atoms with Crippen LogP contribution in [0.4, 0.5) is 0 Å². The molecule has 0 saturated carbocycles.